The molecule has 1 aromatic heterocycles. The van der Waals surface area contributed by atoms with E-state index < -0.39 is 0 Å². The Hall–Kier alpha value is -1.13. The number of oxazole rings is 1. The molecule has 0 bridgehead atoms. The third-order valence-corrected chi connectivity index (χ3v) is 5.82. The van der Waals surface area contributed by atoms with Crippen LogP contribution in [0.2, 0.25) is 0 Å². The highest BCUT2D eigenvalue weighted by atomic mass is 127. The number of aliphatic imine (C=N–C) groups is 1. The fraction of sp³-hybridized carbons (Fsp3) is 0.524. The second-order valence-electron chi connectivity index (χ2n) is 7.20. The second-order valence-corrected chi connectivity index (χ2v) is 8.11. The summed E-state index contributed by atoms with van der Waals surface area (Å²) in [5.41, 5.74) is 2.28. The summed E-state index contributed by atoms with van der Waals surface area (Å²) in [6.45, 7) is 9.50. The number of benzene rings is 1. The fourth-order valence-electron chi connectivity index (χ4n) is 3.48. The van der Waals surface area contributed by atoms with Crippen LogP contribution >= 0.6 is 39.9 Å². The van der Waals surface area contributed by atoms with Gasteiger partial charge in [-0.3, -0.25) is 0 Å². The van der Waals surface area contributed by atoms with Gasteiger partial charge >= 0.3 is 0 Å². The van der Waals surface area contributed by atoms with Gasteiger partial charge in [0.05, 0.1) is 5.69 Å². The van der Waals surface area contributed by atoms with Gasteiger partial charge in [-0.25, -0.2) is 9.98 Å². The summed E-state index contributed by atoms with van der Waals surface area (Å²) in [6.07, 6.45) is 1.97. The minimum Gasteiger partial charge on any atom is -0.444 e. The van der Waals surface area contributed by atoms with Gasteiger partial charge in [-0.2, -0.15) is 0 Å². The first kappa shape index (κ1) is 24.1. The highest BCUT2D eigenvalue weighted by molar-refractivity contribution is 14.0. The van der Waals surface area contributed by atoms with Crippen molar-refractivity contribution in [3.05, 3.63) is 51.6 Å². The number of aromatic nitrogens is 1. The van der Waals surface area contributed by atoms with E-state index in [1.54, 1.807) is 0 Å². The normalized spacial score (nSPS) is 16.2. The molecular weight excluding hydrogens is 547 g/mol. The molecule has 1 aromatic carbocycles. The highest BCUT2D eigenvalue weighted by Gasteiger charge is 2.34. The van der Waals surface area contributed by atoms with Gasteiger partial charge in [-0.15, -0.1) is 24.0 Å². The Balaban J connectivity index is 0.00000300. The maximum absolute atomic E-state index is 5.64. The Morgan fingerprint density at radius 3 is 2.45 bits per heavy atom. The van der Waals surface area contributed by atoms with E-state index in [9.17, 15) is 0 Å². The summed E-state index contributed by atoms with van der Waals surface area (Å²) < 4.78 is 12.4. The maximum atomic E-state index is 5.64. The Labute approximate surface area is 198 Å². The van der Waals surface area contributed by atoms with Crippen molar-refractivity contribution in [2.45, 2.75) is 45.6 Å². The van der Waals surface area contributed by atoms with Crippen LogP contribution in [0.15, 0.2) is 38.1 Å². The van der Waals surface area contributed by atoms with Crippen LogP contribution in [0.4, 0.5) is 0 Å². The molecule has 1 aliphatic heterocycles. The van der Waals surface area contributed by atoms with E-state index in [1.807, 2.05) is 13.8 Å². The van der Waals surface area contributed by atoms with Gasteiger partial charge < -0.3 is 19.8 Å². The Morgan fingerprint density at radius 1 is 1.17 bits per heavy atom. The second kappa shape index (κ2) is 11.3. The van der Waals surface area contributed by atoms with Crippen LogP contribution in [0.5, 0.6) is 0 Å². The molecule has 0 unspecified atom stereocenters. The number of aryl methyl sites for hydroxylation is 2. The van der Waals surface area contributed by atoms with Gasteiger partial charge in [0.25, 0.3) is 0 Å². The smallest absolute Gasteiger partial charge is 0.216 e. The number of guanidine groups is 1. The lowest BCUT2D eigenvalue weighted by molar-refractivity contribution is 0.0514. The van der Waals surface area contributed by atoms with Crippen molar-refractivity contribution in [2.24, 2.45) is 4.99 Å². The van der Waals surface area contributed by atoms with Crippen molar-refractivity contribution in [2.75, 3.05) is 26.3 Å². The summed E-state index contributed by atoms with van der Waals surface area (Å²) in [6, 6.07) is 8.64. The van der Waals surface area contributed by atoms with Gasteiger partial charge in [0.1, 0.15) is 12.3 Å². The molecule has 6 nitrogen and oxygen atoms in total. The van der Waals surface area contributed by atoms with Gasteiger partial charge in [-0.05, 0) is 51.3 Å². The number of hydrogen-bond acceptors (Lipinski definition) is 4. The zero-order valence-corrected chi connectivity index (χ0v) is 21.2. The monoisotopic (exact) mass is 576 g/mol. The quantitative estimate of drug-likeness (QED) is 0.301. The van der Waals surface area contributed by atoms with E-state index >= 15 is 0 Å². The first-order chi connectivity index (χ1) is 13.5. The average molecular weight is 577 g/mol. The maximum Gasteiger partial charge on any atom is 0.216 e. The van der Waals surface area contributed by atoms with E-state index in [4.69, 9.17) is 9.15 Å². The zero-order valence-electron chi connectivity index (χ0n) is 17.3. The molecule has 2 N–H and O–H groups in total. The molecule has 8 heteroatoms. The Morgan fingerprint density at radius 2 is 1.86 bits per heavy atom. The summed E-state index contributed by atoms with van der Waals surface area (Å²) in [4.78, 5) is 9.07. The minimum atomic E-state index is 0. The highest BCUT2D eigenvalue weighted by Crippen LogP contribution is 2.34. The molecule has 1 aliphatic rings. The fourth-order valence-corrected chi connectivity index (χ4v) is 3.75. The van der Waals surface area contributed by atoms with Crippen LogP contribution in [-0.4, -0.2) is 37.2 Å². The lowest BCUT2D eigenvalue weighted by Crippen LogP contribution is -2.48. The molecule has 1 fully saturated rings. The lowest BCUT2D eigenvalue weighted by Gasteiger charge is -2.38. The molecule has 0 saturated carbocycles. The van der Waals surface area contributed by atoms with Crippen molar-refractivity contribution in [3.8, 4) is 0 Å². The van der Waals surface area contributed by atoms with Crippen molar-refractivity contribution in [1.29, 1.82) is 0 Å². The van der Waals surface area contributed by atoms with E-state index in [2.05, 4.69) is 67.7 Å². The third kappa shape index (κ3) is 6.42. The van der Waals surface area contributed by atoms with Crippen LogP contribution in [-0.2, 0) is 16.7 Å². The van der Waals surface area contributed by atoms with Gasteiger partial charge in [-0.1, -0.05) is 28.1 Å². The molecule has 0 atom stereocenters. The molecular formula is C21H30BrIN4O2. The van der Waals surface area contributed by atoms with Crippen LogP contribution in [0.25, 0.3) is 0 Å². The summed E-state index contributed by atoms with van der Waals surface area (Å²) >= 11 is 3.54. The first-order valence-corrected chi connectivity index (χ1v) is 10.6. The largest absolute Gasteiger partial charge is 0.444 e. The number of nitrogens with zero attached hydrogens (tertiary/aromatic N) is 2. The standard InChI is InChI=1S/C21H29BrN4O2.HI/c1-4-23-20(24-13-19-26-15(2)16(3)28-19)25-14-21(9-11-27-12-10-21)17-5-7-18(22)8-6-17;/h5-8H,4,9-14H2,1-3H3,(H2,23,24,25);1H. The van der Waals surface area contributed by atoms with E-state index in [0.717, 1.165) is 61.0 Å². The van der Waals surface area contributed by atoms with Crippen molar-refractivity contribution in [3.63, 3.8) is 0 Å². The van der Waals surface area contributed by atoms with E-state index in [1.165, 1.54) is 5.56 Å². The SMILES string of the molecule is CCNC(=NCc1nc(C)c(C)o1)NCC1(c2ccc(Br)cc2)CCOCC1.I. The molecule has 160 valence electrons. The molecule has 1 saturated heterocycles. The third-order valence-electron chi connectivity index (χ3n) is 5.29. The van der Waals surface area contributed by atoms with Crippen LogP contribution in [0.3, 0.4) is 0 Å². The number of rotatable bonds is 6. The van der Waals surface area contributed by atoms with Crippen LogP contribution in [0, 0.1) is 13.8 Å². The summed E-state index contributed by atoms with van der Waals surface area (Å²) in [5, 5.41) is 6.86. The summed E-state index contributed by atoms with van der Waals surface area (Å²) in [7, 11) is 0. The van der Waals surface area contributed by atoms with Crippen molar-refractivity contribution >= 4 is 45.9 Å². The summed E-state index contributed by atoms with van der Waals surface area (Å²) in [5.74, 6) is 2.26. The molecule has 3 rings (SSSR count). The Kier molecular flexibility index (Phi) is 9.42. The van der Waals surface area contributed by atoms with Gasteiger partial charge in [0.15, 0.2) is 5.96 Å². The molecule has 0 amide bonds. The molecule has 29 heavy (non-hydrogen) atoms. The van der Waals surface area contributed by atoms with Crippen molar-refractivity contribution < 1.29 is 9.15 Å². The molecule has 2 heterocycles. The number of halogens is 2. The number of hydrogen-bond donors (Lipinski definition) is 2. The predicted octanol–water partition coefficient (Wildman–Crippen LogP) is 4.48. The molecule has 0 spiro atoms. The van der Waals surface area contributed by atoms with E-state index in [0.29, 0.717) is 12.4 Å². The molecule has 0 radical (unpaired) electrons. The van der Waals surface area contributed by atoms with Crippen LogP contribution < -0.4 is 10.6 Å². The number of ether oxygens (including phenoxy) is 1. The van der Waals surface area contributed by atoms with Crippen molar-refractivity contribution in [1.82, 2.24) is 15.6 Å². The van der Waals surface area contributed by atoms with Gasteiger partial charge in [0.2, 0.25) is 5.89 Å². The predicted molar refractivity (Wildman–Crippen MR) is 130 cm³/mol. The average Bonchev–Trinajstić information content (AvgIpc) is 3.03. The van der Waals surface area contributed by atoms with Gasteiger partial charge in [0, 0.05) is 36.2 Å². The Bertz CT molecular complexity index is 782. The minimum absolute atomic E-state index is 0. The lowest BCUT2D eigenvalue weighted by atomic mass is 9.74. The van der Waals surface area contributed by atoms with E-state index in [-0.39, 0.29) is 29.4 Å². The zero-order chi connectivity index (χ0) is 20.0. The topological polar surface area (TPSA) is 71.7 Å². The first-order valence-electron chi connectivity index (χ1n) is 9.81. The number of nitrogens with one attached hydrogen (secondary N) is 2. The molecule has 2 aromatic rings. The molecule has 0 aliphatic carbocycles. The van der Waals surface area contributed by atoms with Crippen LogP contribution in [0.1, 0.15) is 42.7 Å².